The van der Waals surface area contributed by atoms with Crippen molar-refractivity contribution in [1.82, 2.24) is 4.90 Å². The van der Waals surface area contributed by atoms with E-state index in [-0.39, 0.29) is 13.2 Å². The molecule has 0 unspecified atom stereocenters. The van der Waals surface area contributed by atoms with E-state index in [1.807, 2.05) is 6.07 Å². The number of methoxy groups -OCH3 is 1. The second-order valence-electron chi connectivity index (χ2n) is 5.20. The lowest BCUT2D eigenvalue weighted by atomic mass is 9.95. The molecule has 1 aromatic carbocycles. The average molecular weight is 313 g/mol. The van der Waals surface area contributed by atoms with E-state index in [0.29, 0.717) is 0 Å². The summed E-state index contributed by atoms with van der Waals surface area (Å²) in [7, 11) is 1.13. The van der Waals surface area contributed by atoms with Gasteiger partial charge in [-0.2, -0.15) is 0 Å². The number of piperidine rings is 1. The highest BCUT2D eigenvalue weighted by molar-refractivity contribution is 5.75. The van der Waals surface area contributed by atoms with Crippen LogP contribution in [-0.2, 0) is 20.9 Å². The molecule has 1 saturated heterocycles. The summed E-state index contributed by atoms with van der Waals surface area (Å²) >= 11 is 0. The van der Waals surface area contributed by atoms with Gasteiger partial charge in [0.15, 0.2) is 0 Å². The van der Waals surface area contributed by atoms with Crippen molar-refractivity contribution in [3.05, 3.63) is 35.9 Å². The molecule has 0 bridgehead atoms. The average Bonchev–Trinajstić information content (AvgIpc) is 2.51. The molecule has 120 valence electrons. The standard InChI is InChI=1S/C15H17F2NO4/c1-21-13(19)12-7-15(16,17)10-18(8-12)14(20)22-9-11-5-3-2-4-6-11/h2-6,12H,7-10H2,1H3/t12-/m1/s1. The Balaban J connectivity index is 1.97. The number of alkyl halides is 2. The van der Waals surface area contributed by atoms with E-state index in [1.54, 1.807) is 24.3 Å². The predicted octanol–water partition coefficient (Wildman–Crippen LogP) is 2.45. The molecule has 1 amide bonds. The van der Waals surface area contributed by atoms with E-state index in [1.165, 1.54) is 0 Å². The van der Waals surface area contributed by atoms with Crippen LogP contribution in [0.5, 0.6) is 0 Å². The van der Waals surface area contributed by atoms with Gasteiger partial charge in [0.05, 0.1) is 19.6 Å². The number of hydrogen-bond acceptors (Lipinski definition) is 4. The molecule has 0 spiro atoms. The molecule has 0 aliphatic carbocycles. The van der Waals surface area contributed by atoms with Crippen molar-refractivity contribution in [1.29, 1.82) is 0 Å². The summed E-state index contributed by atoms with van der Waals surface area (Å²) in [6.07, 6.45) is -1.49. The third-order valence-corrected chi connectivity index (χ3v) is 3.41. The van der Waals surface area contributed by atoms with Crippen LogP contribution in [0.3, 0.4) is 0 Å². The van der Waals surface area contributed by atoms with Crippen LogP contribution in [0.25, 0.3) is 0 Å². The smallest absolute Gasteiger partial charge is 0.410 e. The third-order valence-electron chi connectivity index (χ3n) is 3.41. The predicted molar refractivity (Wildman–Crippen MR) is 73.3 cm³/mol. The number of carbonyl (C=O) groups excluding carboxylic acids is 2. The fourth-order valence-corrected chi connectivity index (χ4v) is 2.37. The lowest BCUT2D eigenvalue weighted by molar-refractivity contribution is -0.155. The minimum Gasteiger partial charge on any atom is -0.469 e. The van der Waals surface area contributed by atoms with Gasteiger partial charge >= 0.3 is 12.1 Å². The molecule has 1 aliphatic heterocycles. The largest absolute Gasteiger partial charge is 0.469 e. The number of carbonyl (C=O) groups is 2. The summed E-state index contributed by atoms with van der Waals surface area (Å²) < 4.78 is 36.8. The molecule has 0 saturated carbocycles. The molecule has 1 atom stereocenters. The fraction of sp³-hybridized carbons (Fsp3) is 0.467. The van der Waals surface area contributed by atoms with Gasteiger partial charge in [-0.3, -0.25) is 4.79 Å². The van der Waals surface area contributed by atoms with Crippen LogP contribution >= 0.6 is 0 Å². The first-order chi connectivity index (χ1) is 10.4. The van der Waals surface area contributed by atoms with Gasteiger partial charge in [-0.15, -0.1) is 0 Å². The lowest BCUT2D eigenvalue weighted by Gasteiger charge is -2.35. The van der Waals surface area contributed by atoms with E-state index in [2.05, 4.69) is 4.74 Å². The number of ether oxygens (including phenoxy) is 2. The van der Waals surface area contributed by atoms with Crippen molar-refractivity contribution in [2.45, 2.75) is 19.0 Å². The SMILES string of the molecule is COC(=O)[C@H]1CN(C(=O)OCc2ccccc2)CC(F)(F)C1. The van der Waals surface area contributed by atoms with Crippen LogP contribution < -0.4 is 0 Å². The summed E-state index contributed by atoms with van der Waals surface area (Å²) in [4.78, 5) is 24.3. The fourth-order valence-electron chi connectivity index (χ4n) is 2.37. The number of esters is 1. The van der Waals surface area contributed by atoms with Crippen LogP contribution in [-0.4, -0.2) is 43.1 Å². The summed E-state index contributed by atoms with van der Waals surface area (Å²) in [6.45, 7) is -0.894. The van der Waals surface area contributed by atoms with Crippen molar-refractivity contribution in [3.63, 3.8) is 0 Å². The van der Waals surface area contributed by atoms with Gasteiger partial charge < -0.3 is 14.4 Å². The topological polar surface area (TPSA) is 55.8 Å². The first-order valence-electron chi connectivity index (χ1n) is 6.82. The Morgan fingerprint density at radius 1 is 1.32 bits per heavy atom. The molecular formula is C15H17F2NO4. The zero-order valence-corrected chi connectivity index (χ0v) is 12.1. The maximum atomic E-state index is 13.7. The van der Waals surface area contributed by atoms with Gasteiger partial charge in [0, 0.05) is 13.0 Å². The maximum absolute atomic E-state index is 13.7. The van der Waals surface area contributed by atoms with Crippen molar-refractivity contribution in [2.24, 2.45) is 5.92 Å². The second kappa shape index (κ2) is 6.72. The number of halogens is 2. The molecule has 1 aliphatic rings. The number of likely N-dealkylation sites (tertiary alicyclic amines) is 1. The first kappa shape index (κ1) is 16.2. The highest BCUT2D eigenvalue weighted by Gasteiger charge is 2.45. The Morgan fingerprint density at radius 3 is 2.64 bits per heavy atom. The Hall–Kier alpha value is -2.18. The van der Waals surface area contributed by atoms with E-state index < -0.39 is 36.9 Å². The molecule has 5 nitrogen and oxygen atoms in total. The third kappa shape index (κ3) is 4.16. The molecule has 1 heterocycles. The molecule has 1 fully saturated rings. The highest BCUT2D eigenvalue weighted by Crippen LogP contribution is 2.31. The quantitative estimate of drug-likeness (QED) is 0.804. The number of benzene rings is 1. The van der Waals surface area contributed by atoms with Crippen LogP contribution in [0.2, 0.25) is 0 Å². The molecule has 1 aromatic rings. The number of nitrogens with zero attached hydrogens (tertiary/aromatic N) is 1. The van der Waals surface area contributed by atoms with E-state index in [9.17, 15) is 18.4 Å². The summed E-state index contributed by atoms with van der Waals surface area (Å²) in [5, 5.41) is 0. The summed E-state index contributed by atoms with van der Waals surface area (Å²) in [6, 6.07) is 8.90. The molecule has 0 N–H and O–H groups in total. The number of hydrogen-bond donors (Lipinski definition) is 0. The minimum absolute atomic E-state index is 0.00929. The normalized spacial score (nSPS) is 20.3. The van der Waals surface area contributed by atoms with Gasteiger partial charge in [0.2, 0.25) is 0 Å². The van der Waals surface area contributed by atoms with E-state index >= 15 is 0 Å². The van der Waals surface area contributed by atoms with Crippen molar-refractivity contribution in [3.8, 4) is 0 Å². The Morgan fingerprint density at radius 2 is 2.00 bits per heavy atom. The summed E-state index contributed by atoms with van der Waals surface area (Å²) in [5.41, 5.74) is 0.754. The second-order valence-corrected chi connectivity index (χ2v) is 5.20. The van der Waals surface area contributed by atoms with Gasteiger partial charge in [-0.05, 0) is 5.56 Å². The zero-order chi connectivity index (χ0) is 16.2. The molecule has 7 heteroatoms. The van der Waals surface area contributed by atoms with Crippen LogP contribution in [0.1, 0.15) is 12.0 Å². The van der Waals surface area contributed by atoms with Crippen molar-refractivity contribution < 1.29 is 27.8 Å². The van der Waals surface area contributed by atoms with E-state index in [0.717, 1.165) is 17.6 Å². The zero-order valence-electron chi connectivity index (χ0n) is 12.1. The number of rotatable bonds is 3. The number of amides is 1. The molecule has 2 rings (SSSR count). The van der Waals surface area contributed by atoms with Gasteiger partial charge in [-0.1, -0.05) is 30.3 Å². The minimum atomic E-state index is -3.14. The monoisotopic (exact) mass is 313 g/mol. The van der Waals surface area contributed by atoms with E-state index in [4.69, 9.17) is 4.74 Å². The molecule has 0 aromatic heterocycles. The summed E-state index contributed by atoms with van der Waals surface area (Å²) in [5.74, 6) is -4.93. The van der Waals surface area contributed by atoms with Crippen molar-refractivity contribution >= 4 is 12.1 Å². The lowest BCUT2D eigenvalue weighted by Crippen LogP contribution is -2.51. The van der Waals surface area contributed by atoms with Crippen LogP contribution in [0.4, 0.5) is 13.6 Å². The van der Waals surface area contributed by atoms with Crippen LogP contribution in [0.15, 0.2) is 30.3 Å². The Kier molecular flexibility index (Phi) is 4.95. The van der Waals surface area contributed by atoms with Gasteiger partial charge in [0.1, 0.15) is 6.61 Å². The van der Waals surface area contributed by atoms with Crippen molar-refractivity contribution in [2.75, 3.05) is 20.2 Å². The Labute approximate surface area is 126 Å². The van der Waals surface area contributed by atoms with Crippen LogP contribution in [0, 0.1) is 5.92 Å². The van der Waals surface area contributed by atoms with Gasteiger partial charge in [-0.25, -0.2) is 13.6 Å². The molecular weight excluding hydrogens is 296 g/mol. The first-order valence-corrected chi connectivity index (χ1v) is 6.82. The Bertz CT molecular complexity index is 536. The highest BCUT2D eigenvalue weighted by atomic mass is 19.3. The van der Waals surface area contributed by atoms with Gasteiger partial charge in [0.25, 0.3) is 5.92 Å². The maximum Gasteiger partial charge on any atom is 0.410 e. The molecule has 22 heavy (non-hydrogen) atoms. The molecule has 0 radical (unpaired) electrons.